The number of anilines is 1. The van der Waals surface area contributed by atoms with E-state index in [1.807, 2.05) is 0 Å². The largest absolute Gasteiger partial charge is 0.494 e. The number of nitrogens with zero attached hydrogens (tertiary/aromatic N) is 3. The molecule has 1 aromatic rings. The molecule has 1 amide bonds. The molecular formula is C13H19N3O4. The standard InChI is InChI=1S/C13H19N3O4/c1-13(2,3)20-12(17)16(4)10-7-14-8-11(19-5)9(10)6-15-18/h6-8,18H,1-5H3/b15-6+. The van der Waals surface area contributed by atoms with Gasteiger partial charge >= 0.3 is 6.09 Å². The number of hydrogen-bond acceptors (Lipinski definition) is 6. The minimum absolute atomic E-state index is 0.385. The first-order chi connectivity index (χ1) is 9.30. The Kier molecular flexibility index (Phi) is 4.90. The molecule has 0 saturated heterocycles. The van der Waals surface area contributed by atoms with Gasteiger partial charge in [0.1, 0.15) is 11.4 Å². The first-order valence-electron chi connectivity index (χ1n) is 5.96. The van der Waals surface area contributed by atoms with Gasteiger partial charge < -0.3 is 14.7 Å². The number of pyridine rings is 1. The number of carbonyl (C=O) groups excluding carboxylic acids is 1. The highest BCUT2D eigenvalue weighted by Crippen LogP contribution is 2.26. The Morgan fingerprint density at radius 1 is 1.45 bits per heavy atom. The van der Waals surface area contributed by atoms with Gasteiger partial charge in [0.2, 0.25) is 0 Å². The van der Waals surface area contributed by atoms with E-state index >= 15 is 0 Å². The van der Waals surface area contributed by atoms with Crippen LogP contribution in [0.3, 0.4) is 0 Å². The van der Waals surface area contributed by atoms with Crippen LogP contribution in [0.2, 0.25) is 0 Å². The Bertz CT molecular complexity index is 509. The molecule has 0 radical (unpaired) electrons. The number of methoxy groups -OCH3 is 1. The Morgan fingerprint density at radius 2 is 2.10 bits per heavy atom. The van der Waals surface area contributed by atoms with E-state index in [1.165, 1.54) is 30.6 Å². The Morgan fingerprint density at radius 3 is 2.60 bits per heavy atom. The fraction of sp³-hybridized carbons (Fsp3) is 0.462. The van der Waals surface area contributed by atoms with E-state index in [2.05, 4.69) is 10.1 Å². The van der Waals surface area contributed by atoms with Crippen LogP contribution in [-0.2, 0) is 4.74 Å². The van der Waals surface area contributed by atoms with Gasteiger partial charge in [-0.15, -0.1) is 0 Å². The lowest BCUT2D eigenvalue weighted by molar-refractivity contribution is 0.0589. The van der Waals surface area contributed by atoms with Gasteiger partial charge in [-0.25, -0.2) is 4.79 Å². The Balaban J connectivity index is 3.15. The number of hydrogen-bond donors (Lipinski definition) is 1. The van der Waals surface area contributed by atoms with Crippen molar-refractivity contribution >= 4 is 18.0 Å². The lowest BCUT2D eigenvalue weighted by atomic mass is 10.2. The molecule has 7 heteroatoms. The molecule has 0 aliphatic rings. The average molecular weight is 281 g/mol. The zero-order valence-corrected chi connectivity index (χ0v) is 12.2. The molecule has 0 aliphatic heterocycles. The molecule has 0 spiro atoms. The molecule has 0 atom stereocenters. The molecule has 0 aromatic carbocycles. The van der Waals surface area contributed by atoms with E-state index < -0.39 is 11.7 Å². The molecule has 0 unspecified atom stereocenters. The number of rotatable bonds is 3. The second-order valence-electron chi connectivity index (χ2n) is 5.06. The van der Waals surface area contributed by atoms with E-state index in [-0.39, 0.29) is 0 Å². The number of carbonyl (C=O) groups is 1. The third-order valence-electron chi connectivity index (χ3n) is 2.37. The molecule has 0 aliphatic carbocycles. The number of oxime groups is 1. The first-order valence-corrected chi connectivity index (χ1v) is 5.96. The van der Waals surface area contributed by atoms with Crippen LogP contribution >= 0.6 is 0 Å². The van der Waals surface area contributed by atoms with E-state index in [0.29, 0.717) is 17.0 Å². The van der Waals surface area contributed by atoms with Crippen molar-refractivity contribution in [3.8, 4) is 5.75 Å². The third-order valence-corrected chi connectivity index (χ3v) is 2.37. The monoisotopic (exact) mass is 281 g/mol. The van der Waals surface area contributed by atoms with Crippen LogP contribution in [0.25, 0.3) is 0 Å². The quantitative estimate of drug-likeness (QED) is 0.522. The highest BCUT2D eigenvalue weighted by Gasteiger charge is 2.23. The molecule has 0 saturated carbocycles. The fourth-order valence-electron chi connectivity index (χ4n) is 1.49. The summed E-state index contributed by atoms with van der Waals surface area (Å²) in [6.07, 6.45) is 3.56. The van der Waals surface area contributed by atoms with E-state index in [4.69, 9.17) is 14.7 Å². The molecule has 7 nitrogen and oxygen atoms in total. The van der Waals surface area contributed by atoms with Crippen molar-refractivity contribution in [2.75, 3.05) is 19.1 Å². The fourth-order valence-corrected chi connectivity index (χ4v) is 1.49. The van der Waals surface area contributed by atoms with Crippen LogP contribution in [0.1, 0.15) is 26.3 Å². The Labute approximate surface area is 117 Å². The summed E-state index contributed by atoms with van der Waals surface area (Å²) in [6.45, 7) is 5.33. The second kappa shape index (κ2) is 6.23. The topological polar surface area (TPSA) is 84.2 Å². The lowest BCUT2D eigenvalue weighted by Crippen LogP contribution is -2.34. The molecular weight excluding hydrogens is 262 g/mol. The molecule has 0 bridgehead atoms. The van der Waals surface area contributed by atoms with Gasteiger partial charge in [0.05, 0.1) is 37.0 Å². The van der Waals surface area contributed by atoms with Gasteiger partial charge in [-0.2, -0.15) is 0 Å². The molecule has 1 rings (SSSR count). The van der Waals surface area contributed by atoms with Gasteiger partial charge in [0.15, 0.2) is 0 Å². The summed E-state index contributed by atoms with van der Waals surface area (Å²) in [7, 11) is 3.00. The molecule has 20 heavy (non-hydrogen) atoms. The van der Waals surface area contributed by atoms with Crippen molar-refractivity contribution in [2.24, 2.45) is 5.16 Å². The van der Waals surface area contributed by atoms with Crippen LogP contribution in [0.15, 0.2) is 17.5 Å². The van der Waals surface area contributed by atoms with Crippen molar-refractivity contribution in [1.29, 1.82) is 0 Å². The second-order valence-corrected chi connectivity index (χ2v) is 5.06. The maximum absolute atomic E-state index is 12.0. The predicted octanol–water partition coefficient (Wildman–Crippen LogP) is 2.27. The summed E-state index contributed by atoms with van der Waals surface area (Å²) in [5, 5.41) is 11.7. The Hall–Kier alpha value is -2.31. The summed E-state index contributed by atoms with van der Waals surface area (Å²) >= 11 is 0. The van der Waals surface area contributed by atoms with Gasteiger partial charge in [0, 0.05) is 7.05 Å². The van der Waals surface area contributed by atoms with Crippen molar-refractivity contribution in [2.45, 2.75) is 26.4 Å². The third kappa shape index (κ3) is 3.84. The average Bonchev–Trinajstić information content (AvgIpc) is 2.36. The highest BCUT2D eigenvalue weighted by molar-refractivity contribution is 5.97. The first kappa shape index (κ1) is 15.7. The van der Waals surface area contributed by atoms with E-state index in [1.54, 1.807) is 27.8 Å². The van der Waals surface area contributed by atoms with E-state index in [0.717, 1.165) is 0 Å². The lowest BCUT2D eigenvalue weighted by Gasteiger charge is -2.25. The van der Waals surface area contributed by atoms with Crippen molar-refractivity contribution < 1.29 is 19.5 Å². The minimum Gasteiger partial charge on any atom is -0.494 e. The van der Waals surface area contributed by atoms with Crippen LogP contribution in [0.5, 0.6) is 5.75 Å². The van der Waals surface area contributed by atoms with Crippen molar-refractivity contribution in [3.63, 3.8) is 0 Å². The number of ether oxygens (including phenoxy) is 2. The van der Waals surface area contributed by atoms with Gasteiger partial charge in [-0.05, 0) is 20.8 Å². The SMILES string of the molecule is COc1cncc(N(C)C(=O)OC(C)(C)C)c1/C=N/O. The summed E-state index contributed by atoms with van der Waals surface area (Å²) < 4.78 is 10.4. The van der Waals surface area contributed by atoms with Crippen LogP contribution in [0.4, 0.5) is 10.5 Å². The predicted molar refractivity (Wildman–Crippen MR) is 74.8 cm³/mol. The maximum atomic E-state index is 12.0. The summed E-state index contributed by atoms with van der Waals surface area (Å²) in [6, 6.07) is 0. The molecule has 1 heterocycles. The van der Waals surface area contributed by atoms with Crippen molar-refractivity contribution in [1.82, 2.24) is 4.98 Å². The van der Waals surface area contributed by atoms with Gasteiger partial charge in [-0.3, -0.25) is 9.88 Å². The zero-order valence-electron chi connectivity index (χ0n) is 12.2. The van der Waals surface area contributed by atoms with Gasteiger partial charge in [-0.1, -0.05) is 5.16 Å². The number of aromatic nitrogens is 1. The maximum Gasteiger partial charge on any atom is 0.414 e. The zero-order chi connectivity index (χ0) is 15.3. The summed E-state index contributed by atoms with van der Waals surface area (Å²) in [5.74, 6) is 0.385. The van der Waals surface area contributed by atoms with Crippen molar-refractivity contribution in [3.05, 3.63) is 18.0 Å². The summed E-state index contributed by atoms with van der Waals surface area (Å²) in [5.41, 5.74) is 0.234. The van der Waals surface area contributed by atoms with Gasteiger partial charge in [0.25, 0.3) is 0 Å². The molecule has 0 fully saturated rings. The highest BCUT2D eigenvalue weighted by atomic mass is 16.6. The normalized spacial score (nSPS) is 11.4. The van der Waals surface area contributed by atoms with Crippen LogP contribution < -0.4 is 9.64 Å². The molecule has 1 aromatic heterocycles. The molecule has 1 N–H and O–H groups in total. The summed E-state index contributed by atoms with van der Waals surface area (Å²) in [4.78, 5) is 17.3. The minimum atomic E-state index is -0.608. The van der Waals surface area contributed by atoms with E-state index in [9.17, 15) is 4.79 Å². The van der Waals surface area contributed by atoms with Crippen LogP contribution in [-0.4, -0.2) is 42.3 Å². The smallest absolute Gasteiger partial charge is 0.414 e. The molecule has 110 valence electrons. The van der Waals surface area contributed by atoms with Crippen LogP contribution in [0, 0.1) is 0 Å². The number of amides is 1.